The van der Waals surface area contributed by atoms with E-state index in [1.54, 1.807) is 6.92 Å². The average Bonchev–Trinajstić information content (AvgIpc) is 2.21. The molecule has 0 aliphatic rings. The van der Waals surface area contributed by atoms with Crippen molar-refractivity contribution in [2.45, 2.75) is 19.1 Å². The monoisotopic (exact) mass is 233 g/mol. The van der Waals surface area contributed by atoms with Gasteiger partial charge in [0.25, 0.3) is 0 Å². The molecule has 0 heterocycles. The summed E-state index contributed by atoms with van der Waals surface area (Å²) in [5.74, 6) is -0.645. The normalized spacial score (nSPS) is 15.0. The summed E-state index contributed by atoms with van der Waals surface area (Å²) in [6, 6.07) is 2.36. The molecular weight excluding hydrogens is 221 g/mol. The Balaban J connectivity index is 3.13. The van der Waals surface area contributed by atoms with E-state index in [-0.39, 0.29) is 17.1 Å². The van der Waals surface area contributed by atoms with Crippen LogP contribution in [0.25, 0.3) is 0 Å². The van der Waals surface area contributed by atoms with E-state index in [2.05, 4.69) is 0 Å². The van der Waals surface area contributed by atoms with Gasteiger partial charge in [-0.1, -0.05) is 0 Å². The fourth-order valence-corrected chi connectivity index (χ4v) is 1.49. The van der Waals surface area contributed by atoms with Gasteiger partial charge in [0.15, 0.2) is 0 Å². The van der Waals surface area contributed by atoms with E-state index < -0.39 is 18.0 Å². The Kier molecular flexibility index (Phi) is 3.90. The topological polar surface area (TPSA) is 66.5 Å². The maximum absolute atomic E-state index is 13.1. The van der Waals surface area contributed by atoms with Crippen molar-refractivity contribution in [3.05, 3.63) is 29.1 Å². The highest BCUT2D eigenvalue weighted by Gasteiger charge is 2.21. The number of aliphatic hydroxyl groups excluding tert-OH is 2. The molecule has 4 N–H and O–H groups in total. The van der Waals surface area contributed by atoms with Gasteiger partial charge in [0, 0.05) is 11.3 Å². The van der Waals surface area contributed by atoms with Crippen LogP contribution in [0.2, 0.25) is 0 Å². The summed E-state index contributed by atoms with van der Waals surface area (Å²) in [7, 11) is 0. The van der Waals surface area contributed by atoms with Crippen molar-refractivity contribution in [3.8, 4) is 0 Å². The van der Waals surface area contributed by atoms with Crippen LogP contribution >= 0.6 is 11.6 Å². The zero-order chi connectivity index (χ0) is 11.6. The highest BCUT2D eigenvalue weighted by Crippen LogP contribution is 2.27. The standard InChI is InChI=1S/C10H13ClFNO2/c1-5-2-6(12)3-7(9(5)13)10(15)8(14)4-11/h2-3,8,10,14-15H,4,13H2,1H3. The highest BCUT2D eigenvalue weighted by atomic mass is 35.5. The number of nitrogens with two attached hydrogens (primary N) is 1. The maximum atomic E-state index is 13.1. The molecule has 1 rings (SSSR count). The molecule has 0 radical (unpaired) electrons. The van der Waals surface area contributed by atoms with Crippen molar-refractivity contribution in [3.63, 3.8) is 0 Å². The summed E-state index contributed by atoms with van der Waals surface area (Å²) in [4.78, 5) is 0. The molecule has 0 aromatic heterocycles. The van der Waals surface area contributed by atoms with E-state index in [0.717, 1.165) is 6.07 Å². The van der Waals surface area contributed by atoms with Crippen molar-refractivity contribution < 1.29 is 14.6 Å². The lowest BCUT2D eigenvalue weighted by Crippen LogP contribution is -2.21. The van der Waals surface area contributed by atoms with Crippen LogP contribution in [0, 0.1) is 12.7 Å². The third-order valence-electron chi connectivity index (χ3n) is 2.22. The zero-order valence-electron chi connectivity index (χ0n) is 8.24. The Morgan fingerprint density at radius 3 is 2.60 bits per heavy atom. The first-order chi connectivity index (χ1) is 6.97. The fraction of sp³-hybridized carbons (Fsp3) is 0.400. The lowest BCUT2D eigenvalue weighted by molar-refractivity contribution is 0.0330. The first-order valence-electron chi connectivity index (χ1n) is 4.45. The van der Waals surface area contributed by atoms with Gasteiger partial charge >= 0.3 is 0 Å². The van der Waals surface area contributed by atoms with Gasteiger partial charge in [-0.2, -0.15) is 0 Å². The lowest BCUT2D eigenvalue weighted by Gasteiger charge is -2.18. The molecule has 15 heavy (non-hydrogen) atoms. The summed E-state index contributed by atoms with van der Waals surface area (Å²) in [5.41, 5.74) is 6.62. The first-order valence-corrected chi connectivity index (χ1v) is 4.98. The van der Waals surface area contributed by atoms with Crippen LogP contribution in [0.15, 0.2) is 12.1 Å². The summed E-state index contributed by atoms with van der Waals surface area (Å²) < 4.78 is 13.1. The van der Waals surface area contributed by atoms with Crippen LogP contribution in [0.4, 0.5) is 10.1 Å². The van der Waals surface area contributed by atoms with Crippen LogP contribution in [0.1, 0.15) is 17.2 Å². The molecule has 0 fully saturated rings. The third-order valence-corrected chi connectivity index (χ3v) is 2.54. The number of nitrogen functional groups attached to an aromatic ring is 1. The molecule has 2 atom stereocenters. The average molecular weight is 234 g/mol. The Hall–Kier alpha value is -0.840. The summed E-state index contributed by atoms with van der Waals surface area (Å²) >= 11 is 5.38. The van der Waals surface area contributed by atoms with E-state index in [1.807, 2.05) is 0 Å². The zero-order valence-corrected chi connectivity index (χ0v) is 9.00. The van der Waals surface area contributed by atoms with Crippen molar-refractivity contribution in [1.82, 2.24) is 0 Å². The molecule has 3 nitrogen and oxygen atoms in total. The van der Waals surface area contributed by atoms with Gasteiger partial charge in [0.2, 0.25) is 0 Å². The van der Waals surface area contributed by atoms with Gasteiger partial charge in [-0.15, -0.1) is 11.6 Å². The fourth-order valence-electron chi connectivity index (χ4n) is 1.32. The van der Waals surface area contributed by atoms with E-state index in [1.165, 1.54) is 6.07 Å². The summed E-state index contributed by atoms with van der Waals surface area (Å²) in [5, 5.41) is 19.0. The predicted molar refractivity (Wildman–Crippen MR) is 57.2 cm³/mol. The van der Waals surface area contributed by atoms with E-state index in [0.29, 0.717) is 5.56 Å². The SMILES string of the molecule is Cc1cc(F)cc(C(O)C(O)CCl)c1N. The highest BCUT2D eigenvalue weighted by molar-refractivity contribution is 6.18. The number of anilines is 1. The largest absolute Gasteiger partial charge is 0.398 e. The molecule has 1 aromatic rings. The number of hydrogen-bond acceptors (Lipinski definition) is 3. The molecule has 0 spiro atoms. The van der Waals surface area contributed by atoms with Crippen LogP contribution in [0.5, 0.6) is 0 Å². The molecule has 2 unspecified atom stereocenters. The Bertz CT molecular complexity index is 360. The Morgan fingerprint density at radius 1 is 1.47 bits per heavy atom. The van der Waals surface area contributed by atoms with Crippen LogP contribution in [0.3, 0.4) is 0 Å². The van der Waals surface area contributed by atoms with Gasteiger partial charge in [-0.25, -0.2) is 4.39 Å². The van der Waals surface area contributed by atoms with Crippen molar-refractivity contribution in [2.75, 3.05) is 11.6 Å². The molecule has 84 valence electrons. The van der Waals surface area contributed by atoms with Gasteiger partial charge in [0.05, 0.1) is 12.0 Å². The number of benzene rings is 1. The third kappa shape index (κ3) is 2.59. The molecule has 0 bridgehead atoms. The van der Waals surface area contributed by atoms with Gasteiger partial charge < -0.3 is 15.9 Å². The Labute approximate surface area is 92.3 Å². The molecule has 0 amide bonds. The van der Waals surface area contributed by atoms with Crippen molar-refractivity contribution in [2.24, 2.45) is 0 Å². The lowest BCUT2D eigenvalue weighted by atomic mass is 10.0. The smallest absolute Gasteiger partial charge is 0.123 e. The van der Waals surface area contributed by atoms with Crippen LogP contribution in [-0.2, 0) is 0 Å². The van der Waals surface area contributed by atoms with E-state index in [9.17, 15) is 14.6 Å². The number of alkyl halides is 1. The van der Waals surface area contributed by atoms with Crippen molar-refractivity contribution in [1.29, 1.82) is 0 Å². The van der Waals surface area contributed by atoms with Gasteiger partial charge in [-0.05, 0) is 24.6 Å². The first kappa shape index (κ1) is 12.2. The molecule has 5 heteroatoms. The molecular formula is C10H13ClFNO2. The summed E-state index contributed by atoms with van der Waals surface area (Å²) in [6.45, 7) is 1.63. The van der Waals surface area contributed by atoms with Gasteiger partial charge in [-0.3, -0.25) is 0 Å². The van der Waals surface area contributed by atoms with E-state index >= 15 is 0 Å². The second kappa shape index (κ2) is 4.79. The maximum Gasteiger partial charge on any atom is 0.123 e. The molecule has 0 saturated heterocycles. The van der Waals surface area contributed by atoms with Crippen LogP contribution in [-0.4, -0.2) is 22.2 Å². The predicted octanol–water partition coefficient (Wildman–Crippen LogP) is 1.35. The number of rotatable bonds is 3. The minimum atomic E-state index is -1.27. The summed E-state index contributed by atoms with van der Waals surface area (Å²) in [6.07, 6.45) is -2.42. The minimum Gasteiger partial charge on any atom is -0.398 e. The minimum absolute atomic E-state index is 0.143. The van der Waals surface area contributed by atoms with Gasteiger partial charge in [0.1, 0.15) is 11.9 Å². The Morgan fingerprint density at radius 2 is 2.07 bits per heavy atom. The van der Waals surface area contributed by atoms with Crippen LogP contribution < -0.4 is 5.73 Å². The van der Waals surface area contributed by atoms with E-state index in [4.69, 9.17) is 17.3 Å². The second-order valence-corrected chi connectivity index (χ2v) is 3.70. The second-order valence-electron chi connectivity index (χ2n) is 3.39. The number of hydrogen-bond donors (Lipinski definition) is 3. The number of halogens is 2. The number of aliphatic hydroxyl groups is 2. The molecule has 0 aliphatic heterocycles. The number of aryl methyl sites for hydroxylation is 1. The molecule has 1 aromatic carbocycles. The quantitative estimate of drug-likeness (QED) is 0.545. The van der Waals surface area contributed by atoms with Crippen molar-refractivity contribution >= 4 is 17.3 Å². The molecule has 0 aliphatic carbocycles. The molecule has 0 saturated carbocycles.